The van der Waals surface area contributed by atoms with E-state index in [1.807, 2.05) is 19.1 Å². The van der Waals surface area contributed by atoms with Gasteiger partial charge in [0.2, 0.25) is 0 Å². The molecular formula is C17H14Br2FNO3. The molecule has 2 aromatic carbocycles. The van der Waals surface area contributed by atoms with Crippen molar-refractivity contribution in [1.29, 1.82) is 0 Å². The van der Waals surface area contributed by atoms with Crippen LogP contribution >= 0.6 is 31.9 Å². The summed E-state index contributed by atoms with van der Waals surface area (Å²) in [5.41, 5.74) is 1.80. The smallest absolute Gasteiger partial charge is 0.310 e. The third-order valence-corrected chi connectivity index (χ3v) is 4.36. The van der Waals surface area contributed by atoms with Crippen molar-refractivity contribution in [3.8, 4) is 0 Å². The van der Waals surface area contributed by atoms with E-state index >= 15 is 0 Å². The van der Waals surface area contributed by atoms with Crippen LogP contribution in [0.3, 0.4) is 0 Å². The van der Waals surface area contributed by atoms with Crippen LogP contribution < -0.4 is 5.32 Å². The highest BCUT2D eigenvalue weighted by Crippen LogP contribution is 2.32. The number of benzene rings is 2. The lowest BCUT2D eigenvalue weighted by atomic mass is 10.1. The number of carbonyl (C=O) groups is 2. The molecule has 0 aliphatic rings. The molecule has 2 rings (SSSR count). The molecule has 0 heterocycles. The Kier molecular flexibility index (Phi) is 6.51. The Hall–Kier alpha value is -1.73. The van der Waals surface area contributed by atoms with Crippen molar-refractivity contribution >= 4 is 49.4 Å². The standard InChI is InChI=1S/C17H14Br2FNO3/c1-10-6-12(18)17(13(19)7-10)21-15(22)9-24-16(23)8-11-4-2-3-5-14(11)20/h2-7H,8-9H2,1H3,(H,21,22). The van der Waals surface area contributed by atoms with Gasteiger partial charge in [0, 0.05) is 8.95 Å². The number of ether oxygens (including phenoxy) is 1. The van der Waals surface area contributed by atoms with Gasteiger partial charge in [-0.05, 0) is 68.1 Å². The zero-order chi connectivity index (χ0) is 17.7. The van der Waals surface area contributed by atoms with Gasteiger partial charge < -0.3 is 10.1 Å². The predicted molar refractivity (Wildman–Crippen MR) is 96.3 cm³/mol. The average molecular weight is 459 g/mol. The number of hydrogen-bond donors (Lipinski definition) is 1. The first-order chi connectivity index (χ1) is 11.4. The second kappa shape index (κ2) is 8.39. The number of nitrogens with one attached hydrogen (secondary N) is 1. The topological polar surface area (TPSA) is 55.4 Å². The van der Waals surface area contributed by atoms with Crippen molar-refractivity contribution in [2.75, 3.05) is 11.9 Å². The molecule has 0 saturated carbocycles. The van der Waals surface area contributed by atoms with Gasteiger partial charge in [0.05, 0.1) is 12.1 Å². The zero-order valence-electron chi connectivity index (χ0n) is 12.7. The molecule has 0 aliphatic carbocycles. The van der Waals surface area contributed by atoms with Crippen molar-refractivity contribution in [2.24, 2.45) is 0 Å². The van der Waals surface area contributed by atoms with Crippen molar-refractivity contribution in [3.63, 3.8) is 0 Å². The number of anilines is 1. The van der Waals surface area contributed by atoms with Crippen molar-refractivity contribution in [3.05, 3.63) is 62.3 Å². The molecule has 0 atom stereocenters. The van der Waals surface area contributed by atoms with Gasteiger partial charge in [-0.3, -0.25) is 9.59 Å². The van der Waals surface area contributed by atoms with Crippen LogP contribution in [0.25, 0.3) is 0 Å². The van der Waals surface area contributed by atoms with E-state index in [-0.39, 0.29) is 12.0 Å². The Bertz CT molecular complexity index is 757. The van der Waals surface area contributed by atoms with Crippen LogP contribution in [0.15, 0.2) is 45.3 Å². The Labute approximate surface area is 155 Å². The van der Waals surface area contributed by atoms with Gasteiger partial charge in [0.25, 0.3) is 5.91 Å². The molecule has 0 bridgehead atoms. The third-order valence-electron chi connectivity index (χ3n) is 3.11. The van der Waals surface area contributed by atoms with Crippen LogP contribution in [0.2, 0.25) is 0 Å². The van der Waals surface area contributed by atoms with Gasteiger partial charge in [0.15, 0.2) is 6.61 Å². The quantitative estimate of drug-likeness (QED) is 0.676. The maximum absolute atomic E-state index is 13.5. The van der Waals surface area contributed by atoms with Crippen molar-refractivity contribution in [2.45, 2.75) is 13.3 Å². The fraction of sp³-hybridized carbons (Fsp3) is 0.176. The molecule has 0 spiro atoms. The van der Waals surface area contributed by atoms with E-state index in [0.717, 1.165) is 5.56 Å². The number of hydrogen-bond acceptors (Lipinski definition) is 3. The normalized spacial score (nSPS) is 10.3. The summed E-state index contributed by atoms with van der Waals surface area (Å²) in [4.78, 5) is 23.6. The minimum atomic E-state index is -0.669. The Balaban J connectivity index is 1.90. The number of amides is 1. The predicted octanol–water partition coefficient (Wildman–Crippen LogP) is 4.38. The number of aryl methyl sites for hydroxylation is 1. The summed E-state index contributed by atoms with van der Waals surface area (Å²) in [5.74, 6) is -1.63. The van der Waals surface area contributed by atoms with Crippen LogP contribution in [0.4, 0.5) is 10.1 Å². The van der Waals surface area contributed by atoms with Crippen LogP contribution in [0.5, 0.6) is 0 Å². The van der Waals surface area contributed by atoms with Gasteiger partial charge in [-0.1, -0.05) is 18.2 Å². The van der Waals surface area contributed by atoms with E-state index in [0.29, 0.717) is 14.6 Å². The lowest BCUT2D eigenvalue weighted by Crippen LogP contribution is -2.22. The monoisotopic (exact) mass is 457 g/mol. The van der Waals surface area contributed by atoms with E-state index in [1.54, 1.807) is 6.07 Å². The number of esters is 1. The summed E-state index contributed by atoms with van der Waals surface area (Å²) in [7, 11) is 0. The van der Waals surface area contributed by atoms with E-state index in [4.69, 9.17) is 4.74 Å². The minimum Gasteiger partial charge on any atom is -0.455 e. The highest BCUT2D eigenvalue weighted by Gasteiger charge is 2.13. The minimum absolute atomic E-state index is 0.224. The molecule has 0 fully saturated rings. The summed E-state index contributed by atoms with van der Waals surface area (Å²) >= 11 is 6.73. The Morgan fingerprint density at radius 2 is 1.79 bits per heavy atom. The molecule has 0 aromatic heterocycles. The van der Waals surface area contributed by atoms with Crippen LogP contribution in [-0.2, 0) is 20.7 Å². The highest BCUT2D eigenvalue weighted by atomic mass is 79.9. The van der Waals surface area contributed by atoms with Crippen LogP contribution in [0.1, 0.15) is 11.1 Å². The van der Waals surface area contributed by atoms with E-state index in [2.05, 4.69) is 37.2 Å². The van der Waals surface area contributed by atoms with Crippen LogP contribution in [0, 0.1) is 12.7 Å². The third kappa shape index (κ3) is 5.14. The van der Waals surface area contributed by atoms with Crippen molar-refractivity contribution < 1.29 is 18.7 Å². The first-order valence-corrected chi connectivity index (χ1v) is 8.60. The maximum Gasteiger partial charge on any atom is 0.310 e. The lowest BCUT2D eigenvalue weighted by molar-refractivity contribution is -0.146. The lowest BCUT2D eigenvalue weighted by Gasteiger charge is -2.11. The fourth-order valence-electron chi connectivity index (χ4n) is 1.99. The summed E-state index contributed by atoms with van der Waals surface area (Å²) in [6.07, 6.45) is -0.224. The summed E-state index contributed by atoms with van der Waals surface area (Å²) in [6, 6.07) is 9.63. The molecular weight excluding hydrogens is 445 g/mol. The molecule has 2 aromatic rings. The summed E-state index contributed by atoms with van der Waals surface area (Å²) in [5, 5.41) is 2.65. The molecule has 7 heteroatoms. The number of halogens is 3. The highest BCUT2D eigenvalue weighted by molar-refractivity contribution is 9.11. The molecule has 1 N–H and O–H groups in total. The van der Waals surface area contributed by atoms with Crippen LogP contribution in [-0.4, -0.2) is 18.5 Å². The Morgan fingerprint density at radius 3 is 2.42 bits per heavy atom. The van der Waals surface area contributed by atoms with E-state index in [1.165, 1.54) is 18.2 Å². The summed E-state index contributed by atoms with van der Waals surface area (Å²) in [6.45, 7) is 1.48. The molecule has 1 amide bonds. The van der Waals surface area contributed by atoms with Gasteiger partial charge >= 0.3 is 5.97 Å². The largest absolute Gasteiger partial charge is 0.455 e. The molecule has 4 nitrogen and oxygen atoms in total. The molecule has 0 radical (unpaired) electrons. The van der Waals surface area contributed by atoms with Gasteiger partial charge in [-0.15, -0.1) is 0 Å². The Morgan fingerprint density at radius 1 is 1.17 bits per heavy atom. The first-order valence-electron chi connectivity index (χ1n) is 7.01. The zero-order valence-corrected chi connectivity index (χ0v) is 15.9. The average Bonchev–Trinajstić information content (AvgIpc) is 2.51. The number of rotatable bonds is 5. The molecule has 0 aliphatic heterocycles. The molecule has 0 unspecified atom stereocenters. The molecule has 24 heavy (non-hydrogen) atoms. The van der Waals surface area contributed by atoms with Gasteiger partial charge in [-0.2, -0.15) is 0 Å². The first kappa shape index (κ1) is 18.6. The molecule has 0 saturated heterocycles. The second-order valence-corrected chi connectivity index (χ2v) is 6.79. The van der Waals surface area contributed by atoms with E-state index in [9.17, 15) is 14.0 Å². The molecule has 126 valence electrons. The van der Waals surface area contributed by atoms with Gasteiger partial charge in [-0.25, -0.2) is 4.39 Å². The van der Waals surface area contributed by atoms with E-state index < -0.39 is 24.3 Å². The fourth-order valence-corrected chi connectivity index (χ4v) is 3.60. The van der Waals surface area contributed by atoms with Gasteiger partial charge in [0.1, 0.15) is 5.82 Å². The summed E-state index contributed by atoms with van der Waals surface area (Å²) < 4.78 is 19.8. The SMILES string of the molecule is Cc1cc(Br)c(NC(=O)COC(=O)Cc2ccccc2F)c(Br)c1. The number of carbonyl (C=O) groups excluding carboxylic acids is 2. The van der Waals surface area contributed by atoms with Crippen molar-refractivity contribution in [1.82, 2.24) is 0 Å². The second-order valence-electron chi connectivity index (χ2n) is 5.08. The maximum atomic E-state index is 13.5.